The number of hydrogen-bond donors (Lipinski definition) is 3. The Morgan fingerprint density at radius 2 is 2.40 bits per heavy atom. The van der Waals surface area contributed by atoms with E-state index in [1.54, 1.807) is 6.20 Å². The molecule has 1 aromatic rings. The van der Waals surface area contributed by atoms with Crippen molar-refractivity contribution in [2.24, 2.45) is 5.84 Å². The first-order chi connectivity index (χ1) is 7.27. The summed E-state index contributed by atoms with van der Waals surface area (Å²) in [6, 6.07) is 3.87. The summed E-state index contributed by atoms with van der Waals surface area (Å²) in [5, 5.41) is 0. The number of hydrogen-bond acceptors (Lipinski definition) is 5. The highest BCUT2D eigenvalue weighted by Gasteiger charge is 2.09. The smallest absolute Gasteiger partial charge is 0.126 e. The lowest BCUT2D eigenvalue weighted by atomic mass is 10.1. The molecular formula is C10H18N4O. The molecule has 0 aliphatic rings. The monoisotopic (exact) mass is 210 g/mol. The Morgan fingerprint density at radius 1 is 1.60 bits per heavy atom. The molecule has 0 spiro atoms. The predicted molar refractivity (Wildman–Crippen MR) is 60.0 cm³/mol. The number of aromatic nitrogens is 1. The van der Waals surface area contributed by atoms with Crippen molar-refractivity contribution in [3.05, 3.63) is 23.9 Å². The summed E-state index contributed by atoms with van der Waals surface area (Å²) in [6.07, 6.45) is 2.39. The molecule has 0 saturated carbocycles. The van der Waals surface area contributed by atoms with Gasteiger partial charge < -0.3 is 10.5 Å². The highest BCUT2D eigenvalue weighted by molar-refractivity contribution is 5.38. The van der Waals surface area contributed by atoms with Crippen LogP contribution in [0.4, 0.5) is 5.82 Å². The Kier molecular flexibility index (Phi) is 5.03. The van der Waals surface area contributed by atoms with Crippen molar-refractivity contribution in [2.45, 2.75) is 19.4 Å². The van der Waals surface area contributed by atoms with Gasteiger partial charge in [-0.05, 0) is 25.0 Å². The maximum absolute atomic E-state index is 5.73. The van der Waals surface area contributed by atoms with E-state index in [1.807, 2.05) is 19.1 Å². The van der Waals surface area contributed by atoms with Crippen LogP contribution in [0.25, 0.3) is 0 Å². The van der Waals surface area contributed by atoms with Crippen molar-refractivity contribution in [3.8, 4) is 0 Å². The molecule has 15 heavy (non-hydrogen) atoms. The second-order valence-electron chi connectivity index (χ2n) is 3.27. The zero-order chi connectivity index (χ0) is 11.1. The van der Waals surface area contributed by atoms with Crippen LogP contribution in [0, 0.1) is 0 Å². The third-order valence-electron chi connectivity index (χ3n) is 2.15. The minimum absolute atomic E-state index is 0.0662. The molecule has 0 amide bonds. The lowest BCUT2D eigenvalue weighted by Crippen LogP contribution is -2.40. The molecule has 1 atom stereocenters. The first kappa shape index (κ1) is 11.9. The molecule has 0 aromatic carbocycles. The summed E-state index contributed by atoms with van der Waals surface area (Å²) in [6.45, 7) is 3.20. The molecule has 0 bridgehead atoms. The molecule has 0 aliphatic heterocycles. The van der Waals surface area contributed by atoms with Crippen LogP contribution in [-0.2, 0) is 11.2 Å². The lowest BCUT2D eigenvalue weighted by molar-refractivity contribution is 0.123. The Hall–Kier alpha value is -1.17. The standard InChI is InChI=1S/C10H18N4O/c1-2-15-7-9(14-12)6-8-4-3-5-13-10(8)11/h3-5,9,14H,2,6-7,12H2,1H3,(H2,11,13). The number of anilines is 1. The van der Waals surface area contributed by atoms with E-state index < -0.39 is 0 Å². The number of hydrazine groups is 1. The van der Waals surface area contributed by atoms with E-state index in [-0.39, 0.29) is 6.04 Å². The van der Waals surface area contributed by atoms with Crippen LogP contribution in [0.2, 0.25) is 0 Å². The molecule has 0 aliphatic carbocycles. The molecule has 1 heterocycles. The molecule has 1 unspecified atom stereocenters. The Labute approximate surface area is 89.8 Å². The fourth-order valence-electron chi connectivity index (χ4n) is 1.31. The largest absolute Gasteiger partial charge is 0.383 e. The van der Waals surface area contributed by atoms with E-state index in [1.165, 1.54) is 0 Å². The Bertz CT molecular complexity index is 293. The van der Waals surface area contributed by atoms with E-state index in [4.69, 9.17) is 16.3 Å². The summed E-state index contributed by atoms with van der Waals surface area (Å²) in [4.78, 5) is 4.02. The zero-order valence-corrected chi connectivity index (χ0v) is 8.94. The third-order valence-corrected chi connectivity index (χ3v) is 2.15. The fourth-order valence-corrected chi connectivity index (χ4v) is 1.31. The molecule has 1 aromatic heterocycles. The van der Waals surface area contributed by atoms with Crippen LogP contribution in [0.1, 0.15) is 12.5 Å². The predicted octanol–water partition coefficient (Wildman–Crippen LogP) is 0.0747. The van der Waals surface area contributed by atoms with Crippen LogP contribution >= 0.6 is 0 Å². The highest BCUT2D eigenvalue weighted by atomic mass is 16.5. The van der Waals surface area contributed by atoms with Gasteiger partial charge in [-0.1, -0.05) is 6.07 Å². The summed E-state index contributed by atoms with van der Waals surface area (Å²) in [7, 11) is 0. The van der Waals surface area contributed by atoms with Crippen LogP contribution in [0.5, 0.6) is 0 Å². The molecule has 5 nitrogen and oxygen atoms in total. The lowest BCUT2D eigenvalue weighted by Gasteiger charge is -2.16. The van der Waals surface area contributed by atoms with Gasteiger partial charge in [-0.25, -0.2) is 4.98 Å². The number of ether oxygens (including phenoxy) is 1. The second-order valence-corrected chi connectivity index (χ2v) is 3.27. The van der Waals surface area contributed by atoms with Crippen molar-refractivity contribution >= 4 is 5.82 Å². The van der Waals surface area contributed by atoms with Crippen molar-refractivity contribution < 1.29 is 4.74 Å². The van der Waals surface area contributed by atoms with Crippen molar-refractivity contribution in [1.82, 2.24) is 10.4 Å². The number of rotatable bonds is 6. The van der Waals surface area contributed by atoms with E-state index in [2.05, 4.69) is 10.4 Å². The molecular weight excluding hydrogens is 192 g/mol. The van der Waals surface area contributed by atoms with Crippen LogP contribution in [-0.4, -0.2) is 24.2 Å². The molecule has 1 rings (SSSR count). The Balaban J connectivity index is 2.54. The maximum atomic E-state index is 5.73. The van der Waals surface area contributed by atoms with Crippen molar-refractivity contribution in [3.63, 3.8) is 0 Å². The van der Waals surface area contributed by atoms with E-state index in [9.17, 15) is 0 Å². The third kappa shape index (κ3) is 3.83. The molecule has 5 N–H and O–H groups in total. The Morgan fingerprint density at radius 3 is 3.00 bits per heavy atom. The van der Waals surface area contributed by atoms with Crippen molar-refractivity contribution in [2.75, 3.05) is 18.9 Å². The van der Waals surface area contributed by atoms with Crippen molar-refractivity contribution in [1.29, 1.82) is 0 Å². The molecule has 0 fully saturated rings. The van der Waals surface area contributed by atoms with Crippen LogP contribution in [0.3, 0.4) is 0 Å². The average Bonchev–Trinajstić information content (AvgIpc) is 2.26. The molecule has 0 radical (unpaired) electrons. The summed E-state index contributed by atoms with van der Waals surface area (Å²) >= 11 is 0. The van der Waals surface area contributed by atoms with Gasteiger partial charge in [0.15, 0.2) is 0 Å². The van der Waals surface area contributed by atoms with Gasteiger partial charge in [-0.2, -0.15) is 0 Å². The van der Waals surface area contributed by atoms with Crippen LogP contribution < -0.4 is 17.0 Å². The number of nitrogen functional groups attached to an aromatic ring is 1. The number of nitrogens with two attached hydrogens (primary N) is 2. The highest BCUT2D eigenvalue weighted by Crippen LogP contribution is 2.09. The minimum Gasteiger partial charge on any atom is -0.383 e. The van der Waals surface area contributed by atoms with Gasteiger partial charge >= 0.3 is 0 Å². The van der Waals surface area contributed by atoms with Gasteiger partial charge in [0.05, 0.1) is 6.61 Å². The molecule has 5 heteroatoms. The van der Waals surface area contributed by atoms with E-state index in [0.717, 1.165) is 12.0 Å². The van der Waals surface area contributed by atoms with Gasteiger partial charge in [-0.3, -0.25) is 11.3 Å². The van der Waals surface area contributed by atoms with Gasteiger partial charge in [-0.15, -0.1) is 0 Å². The fraction of sp³-hybridized carbons (Fsp3) is 0.500. The number of nitrogens with zero attached hydrogens (tertiary/aromatic N) is 1. The summed E-state index contributed by atoms with van der Waals surface area (Å²) in [5.41, 5.74) is 9.42. The normalized spacial score (nSPS) is 12.7. The SMILES string of the molecule is CCOCC(Cc1cccnc1N)NN. The first-order valence-corrected chi connectivity index (χ1v) is 5.01. The summed E-state index contributed by atoms with van der Waals surface area (Å²) < 4.78 is 5.29. The van der Waals surface area contributed by atoms with Gasteiger partial charge in [0.25, 0.3) is 0 Å². The second kappa shape index (κ2) is 6.34. The topological polar surface area (TPSA) is 86.2 Å². The van der Waals surface area contributed by atoms with Gasteiger partial charge in [0.2, 0.25) is 0 Å². The zero-order valence-electron chi connectivity index (χ0n) is 8.94. The first-order valence-electron chi connectivity index (χ1n) is 5.01. The molecule has 84 valence electrons. The maximum Gasteiger partial charge on any atom is 0.126 e. The quantitative estimate of drug-likeness (QED) is 0.457. The van der Waals surface area contributed by atoms with E-state index in [0.29, 0.717) is 19.0 Å². The van der Waals surface area contributed by atoms with E-state index >= 15 is 0 Å². The number of nitrogens with one attached hydrogen (secondary N) is 1. The minimum atomic E-state index is 0.0662. The van der Waals surface area contributed by atoms with Crippen LogP contribution in [0.15, 0.2) is 18.3 Å². The summed E-state index contributed by atoms with van der Waals surface area (Å²) in [5.74, 6) is 5.97. The molecule has 0 saturated heterocycles. The van der Waals surface area contributed by atoms with Gasteiger partial charge in [0.1, 0.15) is 5.82 Å². The average molecular weight is 210 g/mol. The van der Waals surface area contributed by atoms with Gasteiger partial charge in [0, 0.05) is 18.8 Å². The number of pyridine rings is 1.